The normalized spacial score (nSPS) is 19.5. The van der Waals surface area contributed by atoms with Gasteiger partial charge in [-0.1, -0.05) is 0 Å². The van der Waals surface area contributed by atoms with Crippen molar-refractivity contribution in [3.8, 4) is 0 Å². The maximum atomic E-state index is 12.5. The molecule has 1 saturated heterocycles. The van der Waals surface area contributed by atoms with Crippen LogP contribution in [0, 0.1) is 0 Å². The van der Waals surface area contributed by atoms with Crippen molar-refractivity contribution in [3.63, 3.8) is 0 Å². The van der Waals surface area contributed by atoms with Crippen molar-refractivity contribution in [3.05, 3.63) is 18.5 Å². The summed E-state index contributed by atoms with van der Waals surface area (Å²) in [6, 6.07) is 1.84. The molecule has 0 unspecified atom stereocenters. The Bertz CT molecular complexity index is 400. The van der Waals surface area contributed by atoms with Crippen molar-refractivity contribution in [1.29, 1.82) is 0 Å². The number of rotatable bonds is 2. The van der Waals surface area contributed by atoms with E-state index in [9.17, 15) is 4.79 Å². The Balaban J connectivity index is 2.28. The van der Waals surface area contributed by atoms with Crippen molar-refractivity contribution >= 4 is 5.97 Å². The summed E-state index contributed by atoms with van der Waals surface area (Å²) in [7, 11) is 0. The van der Waals surface area contributed by atoms with Gasteiger partial charge in [0.25, 0.3) is 0 Å². The molecule has 0 saturated carbocycles. The summed E-state index contributed by atoms with van der Waals surface area (Å²) >= 11 is 0. The van der Waals surface area contributed by atoms with Gasteiger partial charge < -0.3 is 10.1 Å². The maximum Gasteiger partial charge on any atom is 0.334 e. The van der Waals surface area contributed by atoms with Crippen molar-refractivity contribution in [2.45, 2.75) is 44.8 Å². The van der Waals surface area contributed by atoms with Crippen molar-refractivity contribution in [2.24, 2.45) is 0 Å². The van der Waals surface area contributed by atoms with E-state index in [-0.39, 0.29) is 5.97 Å². The Kier molecular flexibility index (Phi) is 3.43. The van der Waals surface area contributed by atoms with E-state index in [1.165, 1.54) is 0 Å². The third-order valence-corrected chi connectivity index (χ3v) is 3.15. The summed E-state index contributed by atoms with van der Waals surface area (Å²) in [4.78, 5) is 12.5. The molecule has 1 aliphatic heterocycles. The molecule has 1 aliphatic rings. The third kappa shape index (κ3) is 2.56. The molecule has 2 heterocycles. The molecule has 18 heavy (non-hydrogen) atoms. The molecule has 2 rings (SSSR count). The van der Waals surface area contributed by atoms with E-state index >= 15 is 0 Å². The first-order chi connectivity index (χ1) is 8.44. The highest BCUT2D eigenvalue weighted by Gasteiger charge is 2.44. The van der Waals surface area contributed by atoms with Gasteiger partial charge in [0.1, 0.15) is 5.60 Å². The topological polar surface area (TPSA) is 56.2 Å². The summed E-state index contributed by atoms with van der Waals surface area (Å²) in [5, 5.41) is 7.52. The second-order valence-electron chi connectivity index (χ2n) is 5.73. The highest BCUT2D eigenvalue weighted by Crippen LogP contribution is 2.30. The largest absolute Gasteiger partial charge is 0.458 e. The molecule has 0 aliphatic carbocycles. The molecule has 5 heteroatoms. The van der Waals surface area contributed by atoms with E-state index in [1.54, 1.807) is 10.9 Å². The number of piperidine rings is 1. The fourth-order valence-electron chi connectivity index (χ4n) is 2.26. The number of aromatic nitrogens is 2. The Morgan fingerprint density at radius 2 is 2.06 bits per heavy atom. The van der Waals surface area contributed by atoms with Gasteiger partial charge in [0.05, 0.1) is 0 Å². The van der Waals surface area contributed by atoms with Crippen molar-refractivity contribution in [2.75, 3.05) is 13.1 Å². The van der Waals surface area contributed by atoms with Gasteiger partial charge in [-0.2, -0.15) is 5.10 Å². The Morgan fingerprint density at radius 3 is 2.56 bits per heavy atom. The molecule has 0 aromatic carbocycles. The van der Waals surface area contributed by atoms with Crippen molar-refractivity contribution < 1.29 is 9.53 Å². The average Bonchev–Trinajstić information content (AvgIpc) is 2.81. The lowest BCUT2D eigenvalue weighted by atomic mass is 9.88. The van der Waals surface area contributed by atoms with Gasteiger partial charge in [-0.3, -0.25) is 4.68 Å². The summed E-state index contributed by atoms with van der Waals surface area (Å²) in [6.07, 6.45) is 4.97. The zero-order valence-corrected chi connectivity index (χ0v) is 11.3. The van der Waals surface area contributed by atoms with E-state index < -0.39 is 11.1 Å². The second kappa shape index (κ2) is 4.72. The van der Waals surface area contributed by atoms with Crippen LogP contribution in [0.2, 0.25) is 0 Å². The van der Waals surface area contributed by atoms with Gasteiger partial charge >= 0.3 is 5.97 Å². The minimum Gasteiger partial charge on any atom is -0.458 e. The van der Waals surface area contributed by atoms with Crippen LogP contribution in [0.5, 0.6) is 0 Å². The fourth-order valence-corrected chi connectivity index (χ4v) is 2.26. The number of nitrogens with zero attached hydrogens (tertiary/aromatic N) is 2. The van der Waals surface area contributed by atoms with Gasteiger partial charge in [-0.25, -0.2) is 4.79 Å². The molecule has 1 aromatic rings. The molecule has 0 spiro atoms. The number of nitrogens with one attached hydrogen (secondary N) is 1. The molecule has 0 radical (unpaired) electrons. The Labute approximate surface area is 108 Å². The van der Waals surface area contributed by atoms with Crippen LogP contribution < -0.4 is 5.32 Å². The van der Waals surface area contributed by atoms with Crippen LogP contribution in [0.4, 0.5) is 0 Å². The van der Waals surface area contributed by atoms with E-state index in [1.807, 2.05) is 33.0 Å². The van der Waals surface area contributed by atoms with E-state index in [0.29, 0.717) is 12.8 Å². The zero-order valence-electron chi connectivity index (χ0n) is 11.3. The van der Waals surface area contributed by atoms with E-state index in [0.717, 1.165) is 13.1 Å². The molecule has 0 atom stereocenters. The second-order valence-corrected chi connectivity index (χ2v) is 5.73. The lowest BCUT2D eigenvalue weighted by Crippen LogP contribution is -2.52. The smallest absolute Gasteiger partial charge is 0.334 e. The maximum absolute atomic E-state index is 12.5. The van der Waals surface area contributed by atoms with Crippen LogP contribution in [-0.2, 0) is 15.1 Å². The first kappa shape index (κ1) is 13.1. The highest BCUT2D eigenvalue weighted by molar-refractivity contribution is 5.79. The molecule has 5 nitrogen and oxygen atoms in total. The summed E-state index contributed by atoms with van der Waals surface area (Å²) in [5.74, 6) is -0.180. The predicted octanol–water partition coefficient (Wildman–Crippen LogP) is 1.30. The monoisotopic (exact) mass is 251 g/mol. The zero-order chi connectivity index (χ0) is 13.2. The predicted molar refractivity (Wildman–Crippen MR) is 68.1 cm³/mol. The Hall–Kier alpha value is -1.36. The number of hydrogen-bond acceptors (Lipinski definition) is 4. The van der Waals surface area contributed by atoms with Crippen LogP contribution in [-0.4, -0.2) is 34.4 Å². The van der Waals surface area contributed by atoms with Gasteiger partial charge in [-0.15, -0.1) is 0 Å². The molecule has 0 amide bonds. The molecule has 1 fully saturated rings. The van der Waals surface area contributed by atoms with Gasteiger partial charge in [-0.05, 0) is 52.8 Å². The van der Waals surface area contributed by atoms with Crippen LogP contribution in [0.15, 0.2) is 18.5 Å². The summed E-state index contributed by atoms with van der Waals surface area (Å²) < 4.78 is 7.33. The lowest BCUT2D eigenvalue weighted by Gasteiger charge is -2.37. The number of hydrogen-bond donors (Lipinski definition) is 1. The van der Waals surface area contributed by atoms with E-state index in [4.69, 9.17) is 4.74 Å². The first-order valence-electron chi connectivity index (χ1n) is 6.38. The van der Waals surface area contributed by atoms with Crippen LogP contribution >= 0.6 is 0 Å². The van der Waals surface area contributed by atoms with Crippen molar-refractivity contribution in [1.82, 2.24) is 15.1 Å². The minimum absolute atomic E-state index is 0.180. The molecule has 1 aromatic heterocycles. The van der Waals surface area contributed by atoms with Crippen LogP contribution in [0.3, 0.4) is 0 Å². The first-order valence-corrected chi connectivity index (χ1v) is 6.38. The number of ether oxygens (including phenoxy) is 1. The van der Waals surface area contributed by atoms with Gasteiger partial charge in [0, 0.05) is 12.4 Å². The van der Waals surface area contributed by atoms with Crippen LogP contribution in [0.1, 0.15) is 33.6 Å². The Morgan fingerprint density at radius 1 is 1.39 bits per heavy atom. The molecular formula is C13H21N3O2. The number of carbonyl (C=O) groups is 1. The fraction of sp³-hybridized carbons (Fsp3) is 0.692. The number of esters is 1. The third-order valence-electron chi connectivity index (χ3n) is 3.15. The summed E-state index contributed by atoms with van der Waals surface area (Å²) in [6.45, 7) is 7.28. The quantitative estimate of drug-likeness (QED) is 0.805. The molecule has 0 bridgehead atoms. The SMILES string of the molecule is CC(C)(C)OC(=O)C1(n2cccn2)CCNCC1. The van der Waals surface area contributed by atoms with Crippen LogP contribution in [0.25, 0.3) is 0 Å². The standard InChI is InChI=1S/C13H21N3O2/c1-12(2,3)18-11(17)13(5-8-14-9-6-13)16-10-4-7-15-16/h4,7,10,14H,5-6,8-9H2,1-3H3. The van der Waals surface area contributed by atoms with Gasteiger partial charge in [0.2, 0.25) is 0 Å². The number of carbonyl (C=O) groups excluding carboxylic acids is 1. The molecular weight excluding hydrogens is 230 g/mol. The lowest BCUT2D eigenvalue weighted by molar-refractivity contribution is -0.168. The molecule has 100 valence electrons. The van der Waals surface area contributed by atoms with Gasteiger partial charge in [0.15, 0.2) is 5.54 Å². The highest BCUT2D eigenvalue weighted by atomic mass is 16.6. The minimum atomic E-state index is -0.651. The van der Waals surface area contributed by atoms with E-state index in [2.05, 4.69) is 10.4 Å². The molecule has 1 N–H and O–H groups in total. The summed E-state index contributed by atoms with van der Waals surface area (Å²) in [5.41, 5.74) is -1.12. The average molecular weight is 251 g/mol.